The van der Waals surface area contributed by atoms with Gasteiger partial charge in [-0.25, -0.2) is 13.8 Å². The number of benzene rings is 1. The van der Waals surface area contributed by atoms with Crippen LogP contribution in [-0.4, -0.2) is 9.38 Å². The smallest absolute Gasteiger partial charge is 0.147 e. The summed E-state index contributed by atoms with van der Waals surface area (Å²) in [5.41, 5.74) is 1.46. The van der Waals surface area contributed by atoms with Crippen molar-refractivity contribution < 1.29 is 8.78 Å². The van der Waals surface area contributed by atoms with Crippen LogP contribution in [0.15, 0.2) is 42.9 Å². The summed E-state index contributed by atoms with van der Waals surface area (Å²) >= 11 is 0. The molecule has 0 unspecified atom stereocenters. The van der Waals surface area contributed by atoms with E-state index in [2.05, 4.69) is 4.98 Å². The van der Waals surface area contributed by atoms with E-state index in [-0.39, 0.29) is 22.9 Å². The first-order chi connectivity index (χ1) is 9.59. The van der Waals surface area contributed by atoms with Gasteiger partial charge in [0.05, 0.1) is 5.56 Å². The predicted molar refractivity (Wildman–Crippen MR) is 74.6 cm³/mol. The number of hydrogen-bond acceptors (Lipinski definition) is 1. The molecule has 3 aromatic rings. The number of rotatable bonds is 2. The molecular formula is C16H14F2N2. The van der Waals surface area contributed by atoms with Gasteiger partial charge in [-0.1, -0.05) is 32.0 Å². The van der Waals surface area contributed by atoms with Crippen LogP contribution in [0.1, 0.15) is 25.3 Å². The molecule has 0 N–H and O–H groups in total. The Kier molecular flexibility index (Phi) is 3.01. The fourth-order valence-electron chi connectivity index (χ4n) is 2.40. The molecule has 3 rings (SSSR count). The molecule has 2 heterocycles. The number of nitrogens with zero attached hydrogens (tertiary/aromatic N) is 2. The minimum atomic E-state index is -0.469. The van der Waals surface area contributed by atoms with Crippen LogP contribution >= 0.6 is 0 Å². The average molecular weight is 272 g/mol. The van der Waals surface area contributed by atoms with Crippen LogP contribution in [0.25, 0.3) is 16.8 Å². The maximum Gasteiger partial charge on any atom is 0.147 e. The Balaban J connectivity index is 2.34. The van der Waals surface area contributed by atoms with Crippen molar-refractivity contribution in [2.45, 2.75) is 19.8 Å². The summed E-state index contributed by atoms with van der Waals surface area (Å²) in [7, 11) is 0. The van der Waals surface area contributed by atoms with E-state index in [0.29, 0.717) is 11.2 Å². The van der Waals surface area contributed by atoms with Gasteiger partial charge >= 0.3 is 0 Å². The summed E-state index contributed by atoms with van der Waals surface area (Å²) in [4.78, 5) is 4.13. The Morgan fingerprint density at radius 3 is 2.65 bits per heavy atom. The highest BCUT2D eigenvalue weighted by atomic mass is 19.1. The maximum absolute atomic E-state index is 14.6. The normalized spacial score (nSPS) is 11.4. The number of pyridine rings is 1. The van der Waals surface area contributed by atoms with Crippen LogP contribution in [0.3, 0.4) is 0 Å². The van der Waals surface area contributed by atoms with Crippen molar-refractivity contribution in [1.82, 2.24) is 9.38 Å². The molecule has 4 heteroatoms. The fraction of sp³-hybridized carbons (Fsp3) is 0.188. The summed E-state index contributed by atoms with van der Waals surface area (Å²) in [6.07, 6.45) is 4.86. The van der Waals surface area contributed by atoms with Crippen LogP contribution in [-0.2, 0) is 0 Å². The van der Waals surface area contributed by atoms with Gasteiger partial charge in [-0.15, -0.1) is 0 Å². The molecule has 20 heavy (non-hydrogen) atoms. The summed E-state index contributed by atoms with van der Waals surface area (Å²) in [5.74, 6) is -0.807. The van der Waals surface area contributed by atoms with Crippen LogP contribution in [0.5, 0.6) is 0 Å². The molecule has 2 nitrogen and oxygen atoms in total. The molecule has 0 fully saturated rings. The van der Waals surface area contributed by atoms with Gasteiger partial charge in [0.25, 0.3) is 0 Å². The monoisotopic (exact) mass is 272 g/mol. The number of hydrogen-bond donors (Lipinski definition) is 0. The second-order valence-electron chi connectivity index (χ2n) is 5.06. The van der Waals surface area contributed by atoms with Gasteiger partial charge in [-0.2, -0.15) is 0 Å². The Morgan fingerprint density at radius 1 is 1.10 bits per heavy atom. The number of aromatic nitrogens is 2. The Bertz CT molecular complexity index is 775. The lowest BCUT2D eigenvalue weighted by Gasteiger charge is -2.12. The molecule has 0 aliphatic carbocycles. The van der Waals surface area contributed by atoms with E-state index in [1.807, 2.05) is 13.8 Å². The highest BCUT2D eigenvalue weighted by Crippen LogP contribution is 2.32. The molecule has 0 atom stereocenters. The van der Waals surface area contributed by atoms with Crippen molar-refractivity contribution in [3.05, 3.63) is 60.1 Å². The molecule has 0 radical (unpaired) electrons. The zero-order valence-corrected chi connectivity index (χ0v) is 11.3. The van der Waals surface area contributed by atoms with Gasteiger partial charge in [0.15, 0.2) is 0 Å². The summed E-state index contributed by atoms with van der Waals surface area (Å²) in [6, 6.07) is 6.40. The molecule has 102 valence electrons. The molecule has 0 spiro atoms. The molecule has 1 aromatic carbocycles. The third-order valence-electron chi connectivity index (χ3n) is 3.43. The molecule has 0 aliphatic rings. The van der Waals surface area contributed by atoms with Crippen molar-refractivity contribution in [2.75, 3.05) is 0 Å². The van der Waals surface area contributed by atoms with Gasteiger partial charge in [0.2, 0.25) is 0 Å². The first-order valence-electron chi connectivity index (χ1n) is 6.49. The second-order valence-corrected chi connectivity index (χ2v) is 5.06. The van der Waals surface area contributed by atoms with E-state index >= 15 is 0 Å². The topological polar surface area (TPSA) is 17.3 Å². The molecular weight excluding hydrogens is 258 g/mol. The van der Waals surface area contributed by atoms with Gasteiger partial charge in [-0.3, -0.25) is 0 Å². The molecule has 0 bridgehead atoms. The van der Waals surface area contributed by atoms with E-state index in [1.54, 1.807) is 41.2 Å². The minimum Gasteiger partial charge on any atom is -0.306 e. The molecule has 0 saturated heterocycles. The van der Waals surface area contributed by atoms with Gasteiger partial charge in [0.1, 0.15) is 17.3 Å². The molecule has 2 aromatic heterocycles. The second kappa shape index (κ2) is 4.71. The lowest BCUT2D eigenvalue weighted by Crippen LogP contribution is -1.99. The van der Waals surface area contributed by atoms with Gasteiger partial charge in [-0.05, 0) is 17.5 Å². The molecule has 0 aliphatic heterocycles. The summed E-state index contributed by atoms with van der Waals surface area (Å²) < 4.78 is 30.5. The van der Waals surface area contributed by atoms with Crippen LogP contribution < -0.4 is 0 Å². The number of fused-ring (bicyclic) bond motifs is 1. The van der Waals surface area contributed by atoms with Crippen molar-refractivity contribution in [2.24, 2.45) is 0 Å². The SMILES string of the molecule is CC(C)c1cccc(-c2c(F)ccn3ccnc23)c1F. The maximum atomic E-state index is 14.6. The lowest BCUT2D eigenvalue weighted by molar-refractivity contribution is 0.595. The van der Waals surface area contributed by atoms with E-state index in [0.717, 1.165) is 0 Å². The van der Waals surface area contributed by atoms with Crippen molar-refractivity contribution in [3.63, 3.8) is 0 Å². The van der Waals surface area contributed by atoms with Crippen LogP contribution in [0.4, 0.5) is 8.78 Å². The summed E-state index contributed by atoms with van der Waals surface area (Å²) in [5, 5.41) is 0. The van der Waals surface area contributed by atoms with Crippen LogP contribution in [0.2, 0.25) is 0 Å². The van der Waals surface area contributed by atoms with Gasteiger partial charge < -0.3 is 4.40 Å². The Hall–Kier alpha value is -2.23. The summed E-state index contributed by atoms with van der Waals surface area (Å²) in [6.45, 7) is 3.82. The predicted octanol–water partition coefficient (Wildman–Crippen LogP) is 4.40. The highest BCUT2D eigenvalue weighted by molar-refractivity contribution is 5.78. The standard InChI is InChI=1S/C16H14F2N2/c1-10(2)11-4-3-5-12(15(11)18)14-13(17)6-8-20-9-7-19-16(14)20/h3-10H,1-2H3. The Morgan fingerprint density at radius 2 is 1.90 bits per heavy atom. The zero-order chi connectivity index (χ0) is 14.3. The quantitative estimate of drug-likeness (QED) is 0.675. The van der Waals surface area contributed by atoms with Crippen molar-refractivity contribution in [1.29, 1.82) is 0 Å². The first-order valence-corrected chi connectivity index (χ1v) is 6.49. The number of imidazole rings is 1. The van der Waals surface area contributed by atoms with E-state index < -0.39 is 5.82 Å². The number of halogens is 2. The molecule has 0 saturated carbocycles. The third kappa shape index (κ3) is 1.88. The third-order valence-corrected chi connectivity index (χ3v) is 3.43. The van der Waals surface area contributed by atoms with E-state index in [9.17, 15) is 8.78 Å². The van der Waals surface area contributed by atoms with Crippen molar-refractivity contribution >= 4 is 5.65 Å². The first kappa shape index (κ1) is 12.8. The Labute approximate surface area is 115 Å². The molecule has 0 amide bonds. The lowest BCUT2D eigenvalue weighted by atomic mass is 9.96. The largest absolute Gasteiger partial charge is 0.306 e. The van der Waals surface area contributed by atoms with Crippen LogP contribution in [0, 0.1) is 11.6 Å². The van der Waals surface area contributed by atoms with Gasteiger partial charge in [0, 0.05) is 24.2 Å². The van der Waals surface area contributed by atoms with E-state index in [1.165, 1.54) is 6.07 Å². The van der Waals surface area contributed by atoms with Crippen molar-refractivity contribution in [3.8, 4) is 11.1 Å². The fourth-order valence-corrected chi connectivity index (χ4v) is 2.40. The highest BCUT2D eigenvalue weighted by Gasteiger charge is 2.18. The van der Waals surface area contributed by atoms with E-state index in [4.69, 9.17) is 0 Å². The minimum absolute atomic E-state index is 0.0393. The average Bonchev–Trinajstić information content (AvgIpc) is 2.87. The zero-order valence-electron chi connectivity index (χ0n) is 11.3.